The van der Waals surface area contributed by atoms with Crippen LogP contribution in [0.2, 0.25) is 0 Å². The van der Waals surface area contributed by atoms with E-state index in [2.05, 4.69) is 30.2 Å². The topological polar surface area (TPSA) is 42.0 Å². The van der Waals surface area contributed by atoms with Crippen molar-refractivity contribution < 1.29 is 4.79 Å². The number of hydrogen-bond acceptors (Lipinski definition) is 3. The molecule has 0 radical (unpaired) electrons. The molecule has 5 atom stereocenters. The normalized spacial score (nSPS) is 39.1. The Hall–Kier alpha value is -1.48. The van der Waals surface area contributed by atoms with Crippen molar-refractivity contribution in [2.24, 2.45) is 17.8 Å². The predicted molar refractivity (Wildman–Crippen MR) is 86.5 cm³/mol. The van der Waals surface area contributed by atoms with E-state index >= 15 is 0 Å². The average Bonchev–Trinajstić information content (AvgIpc) is 2.80. The summed E-state index contributed by atoms with van der Waals surface area (Å²) in [6, 6.07) is 2.47. The van der Waals surface area contributed by atoms with E-state index in [9.17, 15) is 4.79 Å². The molecule has 1 N–H and O–H groups in total. The molecule has 22 heavy (non-hydrogen) atoms. The fourth-order valence-electron chi connectivity index (χ4n) is 4.97. The van der Waals surface area contributed by atoms with Gasteiger partial charge in [0.05, 0.1) is 6.04 Å². The van der Waals surface area contributed by atoms with Crippen LogP contribution in [0, 0.1) is 17.8 Å². The number of aromatic nitrogens is 1. The first-order valence-corrected chi connectivity index (χ1v) is 8.53. The molecule has 1 aliphatic heterocycles. The predicted octanol–water partition coefficient (Wildman–Crippen LogP) is 2.70. The summed E-state index contributed by atoms with van der Waals surface area (Å²) in [5.74, 6) is 2.11. The lowest BCUT2D eigenvalue weighted by atomic mass is 9.70. The number of carbonyl (C=O) groups excluding carboxylic acids is 1. The number of nitrogens with one attached hydrogen (secondary N) is 1. The van der Waals surface area contributed by atoms with Gasteiger partial charge in [-0.1, -0.05) is 18.6 Å². The third-order valence-electron chi connectivity index (χ3n) is 5.97. The number of pyridine rings is 1. The number of rotatable bonds is 0. The largest absolute Gasteiger partial charge is 0.300 e. The molecule has 1 saturated heterocycles. The fourth-order valence-corrected chi connectivity index (χ4v) is 4.97. The lowest BCUT2D eigenvalue weighted by Crippen LogP contribution is -2.40. The van der Waals surface area contributed by atoms with Crippen molar-refractivity contribution in [3.8, 4) is 0 Å². The highest BCUT2D eigenvalue weighted by molar-refractivity contribution is 5.88. The van der Waals surface area contributed by atoms with Gasteiger partial charge < -0.3 is 5.32 Å². The van der Waals surface area contributed by atoms with Crippen LogP contribution in [-0.2, 0) is 17.6 Å². The molecule has 2 aliphatic carbocycles. The van der Waals surface area contributed by atoms with Gasteiger partial charge in [-0.05, 0) is 61.1 Å². The van der Waals surface area contributed by atoms with E-state index in [1.807, 2.05) is 18.5 Å². The van der Waals surface area contributed by atoms with E-state index in [0.29, 0.717) is 30.1 Å². The minimum atomic E-state index is 0.0302. The number of hydrogen-bond donors (Lipinski definition) is 1. The number of Topliss-reactive ketones (excluding diaryl/α,β-unsaturated/α-hetero) is 1. The summed E-state index contributed by atoms with van der Waals surface area (Å²) in [6.45, 7) is 4.49. The summed E-state index contributed by atoms with van der Waals surface area (Å²) >= 11 is 0. The molecule has 2 heterocycles. The van der Waals surface area contributed by atoms with Gasteiger partial charge in [0, 0.05) is 24.9 Å². The van der Waals surface area contributed by atoms with Crippen LogP contribution in [0.4, 0.5) is 0 Å². The number of carbonyl (C=O) groups is 1. The molecule has 0 aromatic carbocycles. The molecule has 1 aromatic rings. The number of allylic oxidation sites excluding steroid dienone is 1. The Balaban J connectivity index is 1.72. The van der Waals surface area contributed by atoms with E-state index in [-0.39, 0.29) is 6.04 Å². The summed E-state index contributed by atoms with van der Waals surface area (Å²) in [6.07, 6.45) is 10.0. The zero-order valence-electron chi connectivity index (χ0n) is 13.4. The molecule has 3 nitrogen and oxygen atoms in total. The van der Waals surface area contributed by atoms with E-state index in [4.69, 9.17) is 0 Å². The maximum atomic E-state index is 12.8. The molecule has 4 rings (SSSR count). The highest BCUT2D eigenvalue weighted by atomic mass is 16.1. The highest BCUT2D eigenvalue weighted by Gasteiger charge is 2.49. The van der Waals surface area contributed by atoms with Gasteiger partial charge in [-0.2, -0.15) is 0 Å². The van der Waals surface area contributed by atoms with Crippen molar-refractivity contribution in [2.45, 2.75) is 51.6 Å². The lowest BCUT2D eigenvalue weighted by Gasteiger charge is -2.34. The first kappa shape index (κ1) is 14.1. The quantitative estimate of drug-likeness (QED) is 0.749. The van der Waals surface area contributed by atoms with E-state index in [0.717, 1.165) is 12.3 Å². The summed E-state index contributed by atoms with van der Waals surface area (Å²) in [5, 5.41) is 3.70. The first-order chi connectivity index (χ1) is 10.7. The Bertz CT molecular complexity index is 636. The summed E-state index contributed by atoms with van der Waals surface area (Å²) in [7, 11) is 0. The van der Waals surface area contributed by atoms with Crippen LogP contribution in [0.25, 0.3) is 0 Å². The zero-order chi connectivity index (χ0) is 15.3. The molecular weight excluding hydrogens is 272 g/mol. The van der Waals surface area contributed by atoms with Gasteiger partial charge in [0.25, 0.3) is 0 Å². The molecule has 0 spiro atoms. The van der Waals surface area contributed by atoms with E-state index < -0.39 is 0 Å². The fraction of sp³-hybridized carbons (Fsp3) is 0.579. The van der Waals surface area contributed by atoms with E-state index in [1.54, 1.807) is 0 Å². The third-order valence-corrected chi connectivity index (χ3v) is 5.97. The van der Waals surface area contributed by atoms with Crippen LogP contribution < -0.4 is 5.32 Å². The number of fused-ring (bicyclic) bond motifs is 4. The Morgan fingerprint density at radius 2 is 2.09 bits per heavy atom. The second kappa shape index (κ2) is 5.31. The van der Waals surface area contributed by atoms with Crippen LogP contribution in [-0.4, -0.2) is 22.9 Å². The second-order valence-corrected chi connectivity index (χ2v) is 7.35. The molecule has 116 valence electrons. The maximum Gasteiger partial charge on any atom is 0.154 e. The number of ketones is 1. The van der Waals surface area contributed by atoms with Gasteiger partial charge in [-0.25, -0.2) is 0 Å². The van der Waals surface area contributed by atoms with Crippen molar-refractivity contribution in [2.75, 3.05) is 0 Å². The minimum absolute atomic E-state index is 0.0302. The molecule has 0 amide bonds. The summed E-state index contributed by atoms with van der Waals surface area (Å²) < 4.78 is 0. The van der Waals surface area contributed by atoms with Crippen molar-refractivity contribution in [3.63, 3.8) is 0 Å². The lowest BCUT2D eigenvalue weighted by molar-refractivity contribution is -0.120. The van der Waals surface area contributed by atoms with Gasteiger partial charge in [0.15, 0.2) is 5.78 Å². The molecule has 4 unspecified atom stereocenters. The van der Waals surface area contributed by atoms with Crippen LogP contribution in [0.1, 0.15) is 37.8 Å². The monoisotopic (exact) mass is 296 g/mol. The standard InChI is InChI=1S/C19H24N2O/c1-3-12-6-11(2)7-15-16-8-14-10-20-5-4-13(14)9-17(22)19(16)21-18(12)15/h3-5,10-11,15-16,18-19,21H,6-9H2,1-2H3/b12-3-/t11?,15?,16?,18-,19?/m0/s1. The van der Waals surface area contributed by atoms with Crippen molar-refractivity contribution in [3.05, 3.63) is 41.2 Å². The molecular formula is C19H24N2O. The Labute approximate surface area is 132 Å². The van der Waals surface area contributed by atoms with E-state index in [1.165, 1.54) is 29.5 Å². The zero-order valence-corrected chi connectivity index (χ0v) is 13.4. The minimum Gasteiger partial charge on any atom is -0.300 e. The van der Waals surface area contributed by atoms with Crippen LogP contribution in [0.15, 0.2) is 30.1 Å². The highest BCUT2D eigenvalue weighted by Crippen LogP contribution is 2.45. The number of nitrogens with zero attached hydrogens (tertiary/aromatic N) is 1. The van der Waals surface area contributed by atoms with Crippen LogP contribution >= 0.6 is 0 Å². The van der Waals surface area contributed by atoms with Gasteiger partial charge >= 0.3 is 0 Å². The third kappa shape index (κ3) is 2.14. The average molecular weight is 296 g/mol. The molecule has 3 heteroatoms. The van der Waals surface area contributed by atoms with Gasteiger partial charge in [-0.15, -0.1) is 0 Å². The van der Waals surface area contributed by atoms with Gasteiger partial charge in [0.2, 0.25) is 0 Å². The van der Waals surface area contributed by atoms with Crippen LogP contribution in [0.5, 0.6) is 0 Å². The van der Waals surface area contributed by atoms with Gasteiger partial charge in [0.1, 0.15) is 0 Å². The van der Waals surface area contributed by atoms with Crippen molar-refractivity contribution >= 4 is 5.78 Å². The van der Waals surface area contributed by atoms with Gasteiger partial charge in [-0.3, -0.25) is 9.78 Å². The second-order valence-electron chi connectivity index (χ2n) is 7.35. The van der Waals surface area contributed by atoms with Crippen molar-refractivity contribution in [1.82, 2.24) is 10.3 Å². The molecule has 1 aromatic heterocycles. The van der Waals surface area contributed by atoms with Crippen LogP contribution in [0.3, 0.4) is 0 Å². The van der Waals surface area contributed by atoms with Crippen molar-refractivity contribution in [1.29, 1.82) is 0 Å². The first-order valence-electron chi connectivity index (χ1n) is 8.53. The Morgan fingerprint density at radius 1 is 1.23 bits per heavy atom. The Kier molecular flexibility index (Phi) is 3.41. The molecule has 0 bridgehead atoms. The maximum absolute atomic E-state index is 12.8. The Morgan fingerprint density at radius 3 is 2.91 bits per heavy atom. The molecule has 1 saturated carbocycles. The molecule has 3 aliphatic rings. The molecule has 2 fully saturated rings. The summed E-state index contributed by atoms with van der Waals surface area (Å²) in [4.78, 5) is 17.1. The summed E-state index contributed by atoms with van der Waals surface area (Å²) in [5.41, 5.74) is 3.98. The smallest absolute Gasteiger partial charge is 0.154 e. The SMILES string of the molecule is C/C=C1/CC(C)CC2C3Cc4cnccc4CC(=O)C3N[C@@H]12.